The molecule has 0 spiro atoms. The first-order valence-corrected chi connectivity index (χ1v) is 1.13. The van der Waals surface area contributed by atoms with Gasteiger partial charge in [-0.05, 0) is 0 Å². The van der Waals surface area contributed by atoms with Crippen molar-refractivity contribution >= 4 is 0 Å². The quantitative estimate of drug-likeness (QED) is 0.308. The van der Waals surface area contributed by atoms with Crippen molar-refractivity contribution < 1.29 is 29.1 Å². The van der Waals surface area contributed by atoms with Crippen molar-refractivity contribution in [2.75, 3.05) is 13.2 Å². The van der Waals surface area contributed by atoms with E-state index < -0.39 is 0 Å². The van der Waals surface area contributed by atoms with Crippen molar-refractivity contribution in [3.63, 3.8) is 0 Å². The van der Waals surface area contributed by atoms with Crippen molar-refractivity contribution in [3.8, 4) is 0 Å². The fourth-order valence-electron chi connectivity index (χ4n) is 0. The van der Waals surface area contributed by atoms with E-state index in [9.17, 15) is 0 Å². The second kappa shape index (κ2) is 8.82. The van der Waals surface area contributed by atoms with Gasteiger partial charge in [0.15, 0.2) is 0 Å². The van der Waals surface area contributed by atoms with E-state index in [-0.39, 0.29) is 32.1 Å². The van der Waals surface area contributed by atoms with Crippen molar-refractivity contribution in [2.24, 2.45) is 0 Å². The maximum Gasteiger partial charge on any atom is 1.00 e. The third-order valence-electron chi connectivity index (χ3n) is 0.1000. The standard InChI is InChI=1S/C2H6O2.Li/c3-1-2-4;/h3-4H,1-2H2;/q;+1. The van der Waals surface area contributed by atoms with Gasteiger partial charge in [-0.2, -0.15) is 0 Å². The first kappa shape index (κ1) is 9.10. The van der Waals surface area contributed by atoms with Gasteiger partial charge in [0.2, 0.25) is 0 Å². The molecular weight excluding hydrogens is 63.0 g/mol. The predicted octanol–water partition coefficient (Wildman–Crippen LogP) is -4.02. The molecule has 5 heavy (non-hydrogen) atoms. The van der Waals surface area contributed by atoms with Crippen LogP contribution >= 0.6 is 0 Å². The van der Waals surface area contributed by atoms with Gasteiger partial charge in [-0.15, -0.1) is 0 Å². The number of hydrogen-bond acceptors (Lipinski definition) is 2. The van der Waals surface area contributed by atoms with Crippen LogP contribution in [-0.2, 0) is 0 Å². The Bertz CT molecular complexity index is 9.61. The van der Waals surface area contributed by atoms with Crippen LogP contribution in [0.2, 0.25) is 0 Å². The minimum atomic E-state index is -0.125. The Labute approximate surface area is 43.0 Å². The monoisotopic (exact) mass is 69.1 g/mol. The largest absolute Gasteiger partial charge is 1.00 e. The molecule has 0 amide bonds. The van der Waals surface area contributed by atoms with Gasteiger partial charge >= 0.3 is 18.9 Å². The van der Waals surface area contributed by atoms with Crippen LogP contribution in [0.5, 0.6) is 0 Å². The summed E-state index contributed by atoms with van der Waals surface area (Å²) in [6, 6.07) is 0. The molecule has 0 heterocycles. The molecule has 0 aromatic rings. The summed E-state index contributed by atoms with van der Waals surface area (Å²) in [6.07, 6.45) is 0. The summed E-state index contributed by atoms with van der Waals surface area (Å²) in [5.41, 5.74) is 0. The molecule has 0 aliphatic heterocycles. The van der Waals surface area contributed by atoms with Crippen LogP contribution in [0.15, 0.2) is 0 Å². The maximum atomic E-state index is 7.62. The summed E-state index contributed by atoms with van der Waals surface area (Å²) >= 11 is 0. The first-order chi connectivity index (χ1) is 1.91. The Kier molecular flexibility index (Phi) is 16.1. The molecule has 0 aliphatic carbocycles. The number of rotatable bonds is 1. The fourth-order valence-corrected chi connectivity index (χ4v) is 0. The van der Waals surface area contributed by atoms with Gasteiger partial charge in [0.1, 0.15) is 0 Å². The molecule has 0 aromatic heterocycles. The predicted molar refractivity (Wildman–Crippen MR) is 14.2 cm³/mol. The molecule has 0 aromatic carbocycles. The number of aliphatic hydroxyl groups excluding tert-OH is 2. The molecule has 2 N–H and O–H groups in total. The van der Waals surface area contributed by atoms with E-state index in [2.05, 4.69) is 0 Å². The molecular formula is C2H6LiO2+. The molecule has 0 saturated heterocycles. The smallest absolute Gasteiger partial charge is 0.394 e. The van der Waals surface area contributed by atoms with Crippen molar-refractivity contribution in [1.29, 1.82) is 0 Å². The van der Waals surface area contributed by atoms with Crippen LogP contribution in [0.1, 0.15) is 0 Å². The Morgan fingerprint density at radius 3 is 1.20 bits per heavy atom. The summed E-state index contributed by atoms with van der Waals surface area (Å²) in [4.78, 5) is 0. The molecule has 0 bridgehead atoms. The summed E-state index contributed by atoms with van der Waals surface area (Å²) in [5, 5.41) is 15.2. The van der Waals surface area contributed by atoms with E-state index in [0.717, 1.165) is 0 Å². The van der Waals surface area contributed by atoms with Crippen molar-refractivity contribution in [1.82, 2.24) is 0 Å². The SMILES string of the molecule is OCCO.[Li+]. The van der Waals surface area contributed by atoms with Crippen LogP contribution in [0.25, 0.3) is 0 Å². The number of aliphatic hydroxyl groups is 2. The van der Waals surface area contributed by atoms with Gasteiger partial charge < -0.3 is 10.2 Å². The molecule has 3 heteroatoms. The minimum Gasteiger partial charge on any atom is -0.394 e. The Morgan fingerprint density at radius 1 is 1.00 bits per heavy atom. The van der Waals surface area contributed by atoms with Crippen LogP contribution < -0.4 is 18.9 Å². The van der Waals surface area contributed by atoms with E-state index in [1.807, 2.05) is 0 Å². The van der Waals surface area contributed by atoms with Crippen LogP contribution in [0.4, 0.5) is 0 Å². The third-order valence-corrected chi connectivity index (χ3v) is 0.1000. The Hall–Kier alpha value is 0.517. The topological polar surface area (TPSA) is 40.5 Å². The van der Waals surface area contributed by atoms with Gasteiger partial charge in [-0.25, -0.2) is 0 Å². The average molecular weight is 69.0 g/mol. The van der Waals surface area contributed by atoms with E-state index in [1.165, 1.54) is 0 Å². The van der Waals surface area contributed by atoms with Crippen molar-refractivity contribution in [3.05, 3.63) is 0 Å². The van der Waals surface area contributed by atoms with Gasteiger partial charge in [0.05, 0.1) is 13.2 Å². The maximum absolute atomic E-state index is 7.62. The molecule has 2 nitrogen and oxygen atoms in total. The Morgan fingerprint density at radius 2 is 1.20 bits per heavy atom. The zero-order valence-electron chi connectivity index (χ0n) is 3.31. The van der Waals surface area contributed by atoms with Crippen LogP contribution in [0.3, 0.4) is 0 Å². The minimum absolute atomic E-state index is 0. The summed E-state index contributed by atoms with van der Waals surface area (Å²) in [6.45, 7) is -0.250. The second-order valence-electron chi connectivity index (χ2n) is 0.447. The first-order valence-electron chi connectivity index (χ1n) is 1.13. The van der Waals surface area contributed by atoms with E-state index in [0.29, 0.717) is 0 Å². The van der Waals surface area contributed by atoms with Crippen LogP contribution in [-0.4, -0.2) is 23.4 Å². The molecule has 0 atom stereocenters. The molecule has 0 rings (SSSR count). The summed E-state index contributed by atoms with van der Waals surface area (Å²) in [7, 11) is 0. The third kappa shape index (κ3) is 12.4. The molecule has 0 unspecified atom stereocenters. The van der Waals surface area contributed by atoms with E-state index >= 15 is 0 Å². The molecule has 0 saturated carbocycles. The van der Waals surface area contributed by atoms with Gasteiger partial charge in [-0.1, -0.05) is 0 Å². The normalized spacial score (nSPS) is 6.00. The van der Waals surface area contributed by atoms with Crippen molar-refractivity contribution in [2.45, 2.75) is 0 Å². The summed E-state index contributed by atoms with van der Waals surface area (Å²) in [5.74, 6) is 0. The molecule has 0 fully saturated rings. The van der Waals surface area contributed by atoms with Crippen LogP contribution in [0, 0.1) is 0 Å². The second-order valence-corrected chi connectivity index (χ2v) is 0.447. The van der Waals surface area contributed by atoms with E-state index in [1.54, 1.807) is 0 Å². The summed E-state index contributed by atoms with van der Waals surface area (Å²) < 4.78 is 0. The van der Waals surface area contributed by atoms with Gasteiger partial charge in [0.25, 0.3) is 0 Å². The Balaban J connectivity index is 0. The van der Waals surface area contributed by atoms with E-state index in [4.69, 9.17) is 10.2 Å². The van der Waals surface area contributed by atoms with Gasteiger partial charge in [-0.3, -0.25) is 0 Å². The zero-order valence-corrected chi connectivity index (χ0v) is 3.31. The molecule has 0 aliphatic rings. The zero-order chi connectivity index (χ0) is 3.41. The average Bonchev–Trinajstić information content (AvgIpc) is 1.37. The molecule has 0 radical (unpaired) electrons. The van der Waals surface area contributed by atoms with Gasteiger partial charge in [0, 0.05) is 0 Å². The molecule has 26 valence electrons. The number of hydrogen-bond donors (Lipinski definition) is 2. The fraction of sp³-hybridized carbons (Fsp3) is 1.00.